The molecule has 0 radical (unpaired) electrons. The van der Waals surface area contributed by atoms with Crippen LogP contribution in [0.5, 0.6) is 17.2 Å². The first-order chi connectivity index (χ1) is 14.0. The standard InChI is InChI=1S/C21H20ClNO4S2/c1-3-25-18-12-14(13-19-20(24)23(2)21(28)29-19)8-9-17(18)27-11-10-26-16-7-5-4-6-15(16)22/h4-9,12-13H,3,10-11H2,1-2H3/b19-13-. The Labute approximate surface area is 184 Å². The normalized spacial score (nSPS) is 15.1. The minimum Gasteiger partial charge on any atom is -0.490 e. The van der Waals surface area contributed by atoms with Gasteiger partial charge in [-0.2, -0.15) is 0 Å². The van der Waals surface area contributed by atoms with Crippen molar-refractivity contribution in [1.29, 1.82) is 0 Å². The zero-order chi connectivity index (χ0) is 20.8. The van der Waals surface area contributed by atoms with E-state index in [-0.39, 0.29) is 5.91 Å². The Morgan fingerprint density at radius 2 is 1.79 bits per heavy atom. The van der Waals surface area contributed by atoms with Crippen LogP contribution in [0.4, 0.5) is 0 Å². The number of carbonyl (C=O) groups excluding carboxylic acids is 1. The maximum absolute atomic E-state index is 12.2. The van der Waals surface area contributed by atoms with Crippen molar-refractivity contribution in [3.8, 4) is 17.2 Å². The van der Waals surface area contributed by atoms with E-state index in [0.29, 0.717) is 51.3 Å². The van der Waals surface area contributed by atoms with Crippen molar-refractivity contribution < 1.29 is 19.0 Å². The Hall–Kier alpha value is -2.22. The Bertz CT molecular complexity index is 948. The van der Waals surface area contributed by atoms with E-state index in [1.165, 1.54) is 16.7 Å². The molecule has 0 atom stereocenters. The number of benzene rings is 2. The number of likely N-dealkylation sites (N-methyl/N-ethyl adjacent to an activating group) is 1. The molecule has 5 nitrogen and oxygen atoms in total. The molecule has 0 aliphatic carbocycles. The van der Waals surface area contributed by atoms with Gasteiger partial charge in [0.15, 0.2) is 11.5 Å². The van der Waals surface area contributed by atoms with Crippen molar-refractivity contribution in [2.75, 3.05) is 26.9 Å². The second-order valence-electron chi connectivity index (χ2n) is 6.01. The molecular weight excluding hydrogens is 430 g/mol. The van der Waals surface area contributed by atoms with E-state index in [9.17, 15) is 4.79 Å². The van der Waals surface area contributed by atoms with E-state index < -0.39 is 0 Å². The minimum atomic E-state index is -0.102. The maximum atomic E-state index is 12.2. The summed E-state index contributed by atoms with van der Waals surface area (Å²) >= 11 is 12.5. The fourth-order valence-electron chi connectivity index (χ4n) is 2.56. The number of amides is 1. The first kappa shape index (κ1) is 21.5. The number of thioether (sulfide) groups is 1. The highest BCUT2D eigenvalue weighted by Crippen LogP contribution is 2.34. The van der Waals surface area contributed by atoms with Crippen LogP contribution in [0.3, 0.4) is 0 Å². The highest BCUT2D eigenvalue weighted by atomic mass is 35.5. The summed E-state index contributed by atoms with van der Waals surface area (Å²) < 4.78 is 17.7. The third-order valence-electron chi connectivity index (χ3n) is 3.99. The van der Waals surface area contributed by atoms with Crippen LogP contribution >= 0.6 is 35.6 Å². The fraction of sp³-hybridized carbons (Fsp3) is 0.238. The van der Waals surface area contributed by atoms with Crippen LogP contribution in [0.25, 0.3) is 6.08 Å². The lowest BCUT2D eigenvalue weighted by molar-refractivity contribution is -0.121. The predicted octanol–water partition coefficient (Wildman–Crippen LogP) is 5.03. The summed E-state index contributed by atoms with van der Waals surface area (Å²) in [4.78, 5) is 14.2. The van der Waals surface area contributed by atoms with Gasteiger partial charge in [0.05, 0.1) is 16.5 Å². The third-order valence-corrected chi connectivity index (χ3v) is 5.78. The van der Waals surface area contributed by atoms with Crippen molar-refractivity contribution >= 4 is 51.9 Å². The topological polar surface area (TPSA) is 48.0 Å². The van der Waals surface area contributed by atoms with Crippen LogP contribution in [-0.4, -0.2) is 42.0 Å². The van der Waals surface area contributed by atoms with E-state index >= 15 is 0 Å². The van der Waals surface area contributed by atoms with Gasteiger partial charge in [0.2, 0.25) is 0 Å². The third kappa shape index (κ3) is 5.44. The number of rotatable bonds is 8. The van der Waals surface area contributed by atoms with Gasteiger partial charge in [-0.25, -0.2) is 0 Å². The molecule has 1 amide bonds. The molecule has 2 aromatic carbocycles. The predicted molar refractivity (Wildman–Crippen MR) is 121 cm³/mol. The molecule has 1 aliphatic heterocycles. The van der Waals surface area contributed by atoms with Crippen LogP contribution in [-0.2, 0) is 4.79 Å². The number of hydrogen-bond acceptors (Lipinski definition) is 6. The molecule has 2 aromatic rings. The SMILES string of the molecule is CCOc1cc(/C=C2\SC(=S)N(C)C2=O)ccc1OCCOc1ccccc1Cl. The van der Waals surface area contributed by atoms with Crippen LogP contribution in [0.1, 0.15) is 12.5 Å². The molecule has 0 N–H and O–H groups in total. The van der Waals surface area contributed by atoms with E-state index in [2.05, 4.69) is 0 Å². The van der Waals surface area contributed by atoms with E-state index in [4.69, 9.17) is 38.0 Å². The molecule has 0 bridgehead atoms. The van der Waals surface area contributed by atoms with Gasteiger partial charge in [0.25, 0.3) is 5.91 Å². The molecule has 1 aliphatic rings. The monoisotopic (exact) mass is 449 g/mol. The molecule has 29 heavy (non-hydrogen) atoms. The molecule has 1 fully saturated rings. The largest absolute Gasteiger partial charge is 0.490 e. The minimum absolute atomic E-state index is 0.102. The van der Waals surface area contributed by atoms with Crippen LogP contribution in [0.15, 0.2) is 47.4 Å². The summed E-state index contributed by atoms with van der Waals surface area (Å²) in [6.45, 7) is 3.07. The number of hydrogen-bond donors (Lipinski definition) is 0. The van der Waals surface area contributed by atoms with Crippen LogP contribution < -0.4 is 14.2 Å². The van der Waals surface area contributed by atoms with Crippen molar-refractivity contribution in [3.63, 3.8) is 0 Å². The number of para-hydroxylation sites is 1. The summed E-state index contributed by atoms with van der Waals surface area (Å²) in [5.41, 5.74) is 0.835. The number of thiocarbonyl (C=S) groups is 1. The number of carbonyl (C=O) groups is 1. The molecule has 1 heterocycles. The van der Waals surface area contributed by atoms with Gasteiger partial charge in [-0.05, 0) is 42.8 Å². The lowest BCUT2D eigenvalue weighted by Crippen LogP contribution is -2.22. The molecule has 0 aromatic heterocycles. The average molecular weight is 450 g/mol. The number of ether oxygens (including phenoxy) is 3. The first-order valence-corrected chi connectivity index (χ1v) is 10.6. The molecule has 1 saturated heterocycles. The Kier molecular flexibility index (Phi) is 7.41. The van der Waals surface area contributed by atoms with Gasteiger partial charge in [-0.1, -0.05) is 53.8 Å². The van der Waals surface area contributed by atoms with Gasteiger partial charge < -0.3 is 14.2 Å². The summed E-state index contributed by atoms with van der Waals surface area (Å²) in [7, 11) is 1.67. The highest BCUT2D eigenvalue weighted by Gasteiger charge is 2.28. The number of nitrogens with zero attached hydrogens (tertiary/aromatic N) is 1. The van der Waals surface area contributed by atoms with Gasteiger partial charge in [-0.3, -0.25) is 9.69 Å². The van der Waals surface area contributed by atoms with Gasteiger partial charge in [-0.15, -0.1) is 0 Å². The lowest BCUT2D eigenvalue weighted by atomic mass is 10.2. The quantitative estimate of drug-likeness (QED) is 0.320. The van der Waals surface area contributed by atoms with Crippen molar-refractivity contribution in [1.82, 2.24) is 4.90 Å². The molecule has 152 valence electrons. The first-order valence-electron chi connectivity index (χ1n) is 8.98. The zero-order valence-corrected chi connectivity index (χ0v) is 18.4. The molecule has 0 unspecified atom stereocenters. The molecule has 3 rings (SSSR count). The second kappa shape index (κ2) is 10.0. The second-order valence-corrected chi connectivity index (χ2v) is 8.09. The fourth-order valence-corrected chi connectivity index (χ4v) is 3.93. The molecule has 0 spiro atoms. The molecular formula is C21H20ClNO4S2. The van der Waals surface area contributed by atoms with Crippen molar-refractivity contribution in [2.24, 2.45) is 0 Å². The lowest BCUT2D eigenvalue weighted by Gasteiger charge is -2.13. The Morgan fingerprint density at radius 3 is 2.45 bits per heavy atom. The molecule has 8 heteroatoms. The summed E-state index contributed by atoms with van der Waals surface area (Å²) in [5.74, 6) is 1.72. The van der Waals surface area contributed by atoms with Gasteiger partial charge in [0.1, 0.15) is 23.3 Å². The van der Waals surface area contributed by atoms with Crippen molar-refractivity contribution in [3.05, 3.63) is 58.0 Å². The van der Waals surface area contributed by atoms with Crippen LogP contribution in [0, 0.1) is 0 Å². The maximum Gasteiger partial charge on any atom is 0.265 e. The summed E-state index contributed by atoms with van der Waals surface area (Å²) in [5, 5.41) is 0.560. The van der Waals surface area contributed by atoms with Gasteiger partial charge >= 0.3 is 0 Å². The van der Waals surface area contributed by atoms with Gasteiger partial charge in [0, 0.05) is 7.05 Å². The summed E-state index contributed by atoms with van der Waals surface area (Å²) in [6, 6.07) is 12.8. The van der Waals surface area contributed by atoms with Crippen LogP contribution in [0.2, 0.25) is 5.02 Å². The van der Waals surface area contributed by atoms with Crippen molar-refractivity contribution in [2.45, 2.75) is 6.92 Å². The zero-order valence-electron chi connectivity index (χ0n) is 16.0. The van der Waals surface area contributed by atoms with E-state index in [1.54, 1.807) is 19.2 Å². The highest BCUT2D eigenvalue weighted by molar-refractivity contribution is 8.26. The number of halogens is 1. The Balaban J connectivity index is 1.66. The summed E-state index contributed by atoms with van der Waals surface area (Å²) in [6.07, 6.45) is 1.80. The Morgan fingerprint density at radius 1 is 1.07 bits per heavy atom. The van der Waals surface area contributed by atoms with E-state index in [1.807, 2.05) is 43.3 Å². The molecule has 0 saturated carbocycles. The smallest absolute Gasteiger partial charge is 0.265 e. The van der Waals surface area contributed by atoms with E-state index in [0.717, 1.165) is 5.56 Å². The average Bonchev–Trinajstić information content (AvgIpc) is 2.95.